The van der Waals surface area contributed by atoms with E-state index in [2.05, 4.69) is 60.2 Å². The zero-order chi connectivity index (χ0) is 13.9. The second-order valence-electron chi connectivity index (χ2n) is 5.30. The third-order valence-corrected chi connectivity index (χ3v) is 3.53. The van der Waals surface area contributed by atoms with Crippen molar-refractivity contribution in [3.8, 4) is 0 Å². The van der Waals surface area contributed by atoms with Crippen LogP contribution in [-0.2, 0) is 12.8 Å². The summed E-state index contributed by atoms with van der Waals surface area (Å²) in [4.78, 5) is 8.58. The topological polar surface area (TPSA) is 24.7 Å². The van der Waals surface area contributed by atoms with Crippen molar-refractivity contribution in [1.82, 2.24) is 0 Å². The number of benzene rings is 2. The number of aliphatic imine (C=N–C) groups is 2. The Bertz CT molecular complexity index is 696. The van der Waals surface area contributed by atoms with Crippen molar-refractivity contribution >= 4 is 23.3 Å². The third-order valence-electron chi connectivity index (χ3n) is 3.53. The lowest BCUT2D eigenvalue weighted by Gasteiger charge is -1.96. The summed E-state index contributed by atoms with van der Waals surface area (Å²) in [6.45, 7) is 4.18. The maximum atomic E-state index is 4.37. The molecule has 0 fully saturated rings. The maximum Gasteiger partial charge on any atom is 0.0664 e. The second-order valence-corrected chi connectivity index (χ2v) is 5.30. The Kier molecular flexibility index (Phi) is 3.46. The zero-order valence-corrected chi connectivity index (χ0v) is 11.9. The molecule has 0 N–H and O–H groups in total. The Labute approximate surface area is 119 Å². The number of rotatable bonds is 0. The second kappa shape index (κ2) is 5.41. The first kappa shape index (κ1) is 12.8. The van der Waals surface area contributed by atoms with Gasteiger partial charge in [0, 0.05) is 24.8 Å². The van der Waals surface area contributed by atoms with Gasteiger partial charge >= 0.3 is 0 Å². The molecule has 20 heavy (non-hydrogen) atoms. The molecular weight excluding hydrogens is 244 g/mol. The highest BCUT2D eigenvalue weighted by Gasteiger charge is 2.08. The van der Waals surface area contributed by atoms with Crippen molar-refractivity contribution in [2.75, 3.05) is 0 Å². The van der Waals surface area contributed by atoms with Crippen LogP contribution in [-0.4, -0.2) is 11.9 Å². The van der Waals surface area contributed by atoms with Gasteiger partial charge in [0.05, 0.1) is 11.4 Å². The van der Waals surface area contributed by atoms with Gasteiger partial charge in [-0.15, -0.1) is 0 Å². The molecule has 0 saturated heterocycles. The van der Waals surface area contributed by atoms with Crippen molar-refractivity contribution in [2.24, 2.45) is 9.98 Å². The van der Waals surface area contributed by atoms with Crippen LogP contribution in [0, 0.1) is 6.92 Å². The molecule has 100 valence electrons. The highest BCUT2D eigenvalue weighted by molar-refractivity contribution is 5.91. The fourth-order valence-corrected chi connectivity index (χ4v) is 2.54. The average Bonchev–Trinajstić information content (AvgIpc) is 3.03. The minimum absolute atomic E-state index is 1.01. The summed E-state index contributed by atoms with van der Waals surface area (Å²) in [5.74, 6) is 0. The number of fused-ring (bicyclic) bond motifs is 2. The van der Waals surface area contributed by atoms with Crippen molar-refractivity contribution < 1.29 is 0 Å². The number of aryl methyl sites for hydroxylation is 1. The quantitative estimate of drug-likeness (QED) is 0.663. The molecule has 2 heterocycles. The Morgan fingerprint density at radius 1 is 0.900 bits per heavy atom. The van der Waals surface area contributed by atoms with E-state index in [1.54, 1.807) is 0 Å². The lowest BCUT2D eigenvalue weighted by Crippen LogP contribution is -1.87. The molecule has 2 heteroatoms. The van der Waals surface area contributed by atoms with E-state index in [0.29, 0.717) is 0 Å². The Morgan fingerprint density at radius 2 is 1.75 bits per heavy atom. The van der Waals surface area contributed by atoms with E-state index in [4.69, 9.17) is 0 Å². The van der Waals surface area contributed by atoms with Gasteiger partial charge in [0.1, 0.15) is 0 Å². The minimum atomic E-state index is 1.01. The van der Waals surface area contributed by atoms with Gasteiger partial charge in [-0.25, -0.2) is 0 Å². The normalized spacial score (nSPS) is 14.2. The van der Waals surface area contributed by atoms with Crippen LogP contribution in [0.15, 0.2) is 52.4 Å². The Morgan fingerprint density at radius 3 is 2.60 bits per heavy atom. The summed E-state index contributed by atoms with van der Waals surface area (Å²) in [5, 5.41) is 0. The number of para-hydroxylation sites is 1. The lowest BCUT2D eigenvalue weighted by molar-refractivity contribution is 1.35. The fraction of sp³-hybridized carbons (Fsp3) is 0.222. The largest absolute Gasteiger partial charge is 0.261 e. The lowest BCUT2D eigenvalue weighted by atomic mass is 10.1. The van der Waals surface area contributed by atoms with Crippen LogP contribution < -0.4 is 0 Å². The monoisotopic (exact) mass is 262 g/mol. The van der Waals surface area contributed by atoms with Gasteiger partial charge in [0.2, 0.25) is 0 Å². The van der Waals surface area contributed by atoms with Gasteiger partial charge in [0.15, 0.2) is 0 Å². The molecule has 0 unspecified atom stereocenters. The van der Waals surface area contributed by atoms with Crippen LogP contribution in [0.1, 0.15) is 23.6 Å². The van der Waals surface area contributed by atoms with E-state index in [1.165, 1.54) is 22.4 Å². The van der Waals surface area contributed by atoms with Gasteiger partial charge < -0.3 is 0 Å². The van der Waals surface area contributed by atoms with Crippen molar-refractivity contribution in [1.29, 1.82) is 0 Å². The first-order valence-corrected chi connectivity index (χ1v) is 6.96. The third kappa shape index (κ3) is 2.69. The van der Waals surface area contributed by atoms with Crippen LogP contribution in [0.4, 0.5) is 11.4 Å². The fourth-order valence-electron chi connectivity index (χ4n) is 2.54. The summed E-state index contributed by atoms with van der Waals surface area (Å²) in [6.07, 6.45) is 4.01. The summed E-state index contributed by atoms with van der Waals surface area (Å²) >= 11 is 0. The SMILES string of the molecule is CC1=Nc2ccccc2C1.Cc1ccc2c(c1)CC=N2. The minimum Gasteiger partial charge on any atom is -0.261 e. The van der Waals surface area contributed by atoms with E-state index < -0.39 is 0 Å². The molecule has 2 aliphatic rings. The molecule has 0 aromatic heterocycles. The number of hydrogen-bond donors (Lipinski definition) is 0. The molecule has 4 rings (SSSR count). The van der Waals surface area contributed by atoms with Crippen molar-refractivity contribution in [3.05, 3.63) is 59.2 Å². The van der Waals surface area contributed by atoms with E-state index in [-0.39, 0.29) is 0 Å². The molecule has 2 nitrogen and oxygen atoms in total. The summed E-state index contributed by atoms with van der Waals surface area (Å²) < 4.78 is 0. The van der Waals surface area contributed by atoms with Gasteiger partial charge in [-0.1, -0.05) is 35.9 Å². The average molecular weight is 262 g/mol. The van der Waals surface area contributed by atoms with Crippen LogP contribution in [0.5, 0.6) is 0 Å². The summed E-state index contributed by atoms with van der Waals surface area (Å²) in [5.41, 5.74) is 7.57. The van der Waals surface area contributed by atoms with Gasteiger partial charge in [-0.3, -0.25) is 9.98 Å². The molecule has 2 aromatic carbocycles. The predicted molar refractivity (Wildman–Crippen MR) is 86.0 cm³/mol. The molecule has 0 bridgehead atoms. The predicted octanol–water partition coefficient (Wildman–Crippen LogP) is 4.59. The molecule has 0 amide bonds. The van der Waals surface area contributed by atoms with Crippen LogP contribution in [0.2, 0.25) is 0 Å². The molecule has 0 radical (unpaired) electrons. The summed E-state index contributed by atoms with van der Waals surface area (Å²) in [7, 11) is 0. The van der Waals surface area contributed by atoms with Crippen LogP contribution in [0.3, 0.4) is 0 Å². The van der Waals surface area contributed by atoms with Crippen molar-refractivity contribution in [3.63, 3.8) is 0 Å². The summed E-state index contributed by atoms with van der Waals surface area (Å²) in [6, 6.07) is 14.7. The molecule has 0 aliphatic carbocycles. The number of nitrogens with zero attached hydrogens (tertiary/aromatic N) is 2. The molecule has 0 atom stereocenters. The first-order valence-electron chi connectivity index (χ1n) is 6.96. The standard InChI is InChI=1S/2C9H9N/c1-7-2-3-9-8(6-7)4-5-10-9;1-7-6-8-4-2-3-5-9(8)10-7/h2-3,5-6H,4H2,1H3;2-5H,6H2,1H3. The van der Waals surface area contributed by atoms with E-state index >= 15 is 0 Å². The van der Waals surface area contributed by atoms with Crippen LogP contribution >= 0.6 is 0 Å². The van der Waals surface area contributed by atoms with Gasteiger partial charge in [0.25, 0.3) is 0 Å². The highest BCUT2D eigenvalue weighted by Crippen LogP contribution is 2.25. The maximum absolute atomic E-state index is 4.37. The van der Waals surface area contributed by atoms with Crippen LogP contribution in [0.25, 0.3) is 0 Å². The number of hydrogen-bond acceptors (Lipinski definition) is 2. The first-order chi connectivity index (χ1) is 9.72. The molecule has 0 saturated carbocycles. The van der Waals surface area contributed by atoms with Crippen molar-refractivity contribution in [2.45, 2.75) is 26.7 Å². The Balaban J connectivity index is 0.000000121. The molecule has 0 spiro atoms. The molecule has 2 aromatic rings. The van der Waals surface area contributed by atoms with E-state index in [9.17, 15) is 0 Å². The van der Waals surface area contributed by atoms with E-state index in [0.717, 1.165) is 24.2 Å². The zero-order valence-electron chi connectivity index (χ0n) is 11.9. The molecular formula is C18H18N2. The molecule has 2 aliphatic heterocycles. The van der Waals surface area contributed by atoms with E-state index in [1.807, 2.05) is 12.3 Å². The Hall–Kier alpha value is -2.22. The smallest absolute Gasteiger partial charge is 0.0664 e. The highest BCUT2D eigenvalue weighted by atomic mass is 14.8. The van der Waals surface area contributed by atoms with Gasteiger partial charge in [-0.05, 0) is 37.1 Å². The van der Waals surface area contributed by atoms with Gasteiger partial charge in [-0.2, -0.15) is 0 Å².